The molecule has 7 N–H and O–H groups in total. The monoisotopic (exact) mass is 867 g/mol. The Morgan fingerprint density at radius 1 is 0.541 bits per heavy atom. The van der Waals surface area contributed by atoms with Crippen LogP contribution in [0.1, 0.15) is 110 Å². The van der Waals surface area contributed by atoms with Gasteiger partial charge in [0.25, 0.3) is 0 Å². The van der Waals surface area contributed by atoms with E-state index in [0.717, 1.165) is 70.6 Å². The number of unbranched alkanes of at least 4 members (excludes halogenated alkanes) is 7. The van der Waals surface area contributed by atoms with Gasteiger partial charge in [0.05, 0.1) is 19.8 Å². The van der Waals surface area contributed by atoms with Crippen LogP contribution in [0.25, 0.3) is 0 Å². The Hall–Kier alpha value is -3.06. The van der Waals surface area contributed by atoms with Crippen molar-refractivity contribution in [2.45, 2.75) is 178 Å². The van der Waals surface area contributed by atoms with Crippen LogP contribution in [-0.2, 0) is 38.0 Å². The number of ether oxygens (including phenoxy) is 6. The van der Waals surface area contributed by atoms with Crippen molar-refractivity contribution in [3.05, 3.63) is 72.9 Å². The minimum absolute atomic E-state index is 0.129. The second kappa shape index (κ2) is 33.5. The van der Waals surface area contributed by atoms with E-state index in [4.69, 9.17) is 28.4 Å². The average molecular weight is 867 g/mol. The summed E-state index contributed by atoms with van der Waals surface area (Å²) in [5.74, 6) is -1.01. The zero-order valence-electron chi connectivity index (χ0n) is 36.1. The fourth-order valence-electron chi connectivity index (χ4n) is 6.35. The third-order valence-electron chi connectivity index (χ3n) is 9.99. The molecule has 61 heavy (non-hydrogen) atoms. The highest BCUT2D eigenvalue weighted by Crippen LogP contribution is 2.26. The van der Waals surface area contributed by atoms with Gasteiger partial charge in [-0.2, -0.15) is 0 Å². The van der Waals surface area contributed by atoms with Gasteiger partial charge in [0.1, 0.15) is 55.4 Å². The molecule has 2 aliphatic rings. The van der Waals surface area contributed by atoms with E-state index in [1.54, 1.807) is 0 Å². The summed E-state index contributed by atoms with van der Waals surface area (Å²) in [5, 5.41) is 71.8. The first kappa shape index (κ1) is 54.1. The van der Waals surface area contributed by atoms with E-state index in [9.17, 15) is 45.3 Å². The molecule has 2 aliphatic heterocycles. The van der Waals surface area contributed by atoms with Crippen LogP contribution < -0.4 is 0 Å². The highest BCUT2D eigenvalue weighted by atomic mass is 16.7. The SMILES string of the molecule is CC/C=C/C=C/C=C/CCCCCCCC(=O)OC(COC(=O)CCCC/C=C/C/C=C/C/C=C/CC)CO[C@@H]1O[C@H](CO[C@@H]2O[C@H](CO)[C@H](O)C(O)C2O)[C@H](O)C(O)C1O. The molecule has 0 amide bonds. The van der Waals surface area contributed by atoms with Crippen LogP contribution in [-0.4, -0.2) is 142 Å². The number of carbonyl (C=O) groups excluding carboxylic acids is 2. The Labute approximate surface area is 362 Å². The van der Waals surface area contributed by atoms with E-state index in [1.165, 1.54) is 0 Å². The largest absolute Gasteiger partial charge is 0.462 e. The molecule has 2 rings (SSSR count). The molecule has 0 radical (unpaired) electrons. The molecular weight excluding hydrogens is 792 g/mol. The minimum Gasteiger partial charge on any atom is -0.462 e. The van der Waals surface area contributed by atoms with E-state index < -0.39 is 99.3 Å². The Balaban J connectivity index is 1.90. The molecule has 0 aromatic heterocycles. The van der Waals surface area contributed by atoms with E-state index in [-0.39, 0.29) is 19.4 Å². The van der Waals surface area contributed by atoms with E-state index in [0.29, 0.717) is 12.8 Å². The number of carbonyl (C=O) groups is 2. The van der Waals surface area contributed by atoms with Crippen LogP contribution in [0.4, 0.5) is 0 Å². The summed E-state index contributed by atoms with van der Waals surface area (Å²) in [5.41, 5.74) is 0. The lowest BCUT2D eigenvalue weighted by Gasteiger charge is -2.42. The number of aliphatic hydroxyl groups excluding tert-OH is 7. The first-order valence-electron chi connectivity index (χ1n) is 22.1. The van der Waals surface area contributed by atoms with Crippen molar-refractivity contribution in [3.8, 4) is 0 Å². The number of hydrogen-bond donors (Lipinski definition) is 7. The molecule has 0 aromatic rings. The van der Waals surface area contributed by atoms with E-state index >= 15 is 0 Å². The summed E-state index contributed by atoms with van der Waals surface area (Å²) in [4.78, 5) is 25.6. The maximum atomic E-state index is 12.9. The van der Waals surface area contributed by atoms with Gasteiger partial charge in [-0.3, -0.25) is 9.59 Å². The van der Waals surface area contributed by atoms with Gasteiger partial charge in [-0.25, -0.2) is 0 Å². The number of esters is 2. The molecule has 2 saturated heterocycles. The summed E-state index contributed by atoms with van der Waals surface area (Å²) in [6.07, 6.45) is 19.6. The molecule has 2 fully saturated rings. The summed E-state index contributed by atoms with van der Waals surface area (Å²) < 4.78 is 33.3. The van der Waals surface area contributed by atoms with E-state index in [2.05, 4.69) is 62.5 Å². The van der Waals surface area contributed by atoms with Crippen molar-refractivity contribution in [3.63, 3.8) is 0 Å². The van der Waals surface area contributed by atoms with Crippen LogP contribution >= 0.6 is 0 Å². The number of allylic oxidation sites excluding steroid dienone is 12. The van der Waals surface area contributed by atoms with Gasteiger partial charge in [0.15, 0.2) is 18.7 Å². The zero-order chi connectivity index (χ0) is 44.7. The third-order valence-corrected chi connectivity index (χ3v) is 9.99. The summed E-state index contributed by atoms with van der Waals surface area (Å²) in [6, 6.07) is 0. The molecule has 11 atom stereocenters. The van der Waals surface area contributed by atoms with Crippen LogP contribution in [0.5, 0.6) is 0 Å². The molecular formula is C46H74O15. The lowest BCUT2D eigenvalue weighted by Crippen LogP contribution is -2.61. The van der Waals surface area contributed by atoms with Crippen LogP contribution in [0.2, 0.25) is 0 Å². The quantitative estimate of drug-likeness (QED) is 0.0223. The minimum atomic E-state index is -1.78. The van der Waals surface area contributed by atoms with Gasteiger partial charge in [-0.15, -0.1) is 0 Å². The van der Waals surface area contributed by atoms with Crippen LogP contribution in [0.15, 0.2) is 72.9 Å². The standard InChI is InChI=1S/C46H74O15/c1-3-5-7-9-11-13-15-17-19-21-23-25-27-29-38(49)59-34(31-56-37(48)28-26-24-22-20-18-16-14-12-10-8-6-4-2)32-57-45-44(55)42(53)40(51)36(61-45)33-58-46-43(54)41(52)39(50)35(30-47)60-46/h5-9,11-15,18,20,34-36,39-47,50-55H,3-4,10,16-17,19,21-33H2,1-2H3/b7-5+,8-6+,11-9+,14-12+,15-13+,20-18+/t34?,35-,36-,39+,40+,41?,42?,43?,44?,45-,46-/m1/s1. The Bertz CT molecular complexity index is 1340. The first-order chi connectivity index (χ1) is 29.5. The van der Waals surface area contributed by atoms with E-state index in [1.807, 2.05) is 24.3 Å². The lowest BCUT2D eigenvalue weighted by atomic mass is 9.98. The van der Waals surface area contributed by atoms with Gasteiger partial charge >= 0.3 is 11.9 Å². The number of hydrogen-bond acceptors (Lipinski definition) is 15. The summed E-state index contributed by atoms with van der Waals surface area (Å²) in [6.45, 7) is 2.22. The molecule has 0 saturated carbocycles. The van der Waals surface area contributed by atoms with Gasteiger partial charge in [0, 0.05) is 12.8 Å². The molecule has 0 bridgehead atoms. The smallest absolute Gasteiger partial charge is 0.306 e. The second-order valence-corrected chi connectivity index (χ2v) is 15.2. The maximum absolute atomic E-state index is 12.9. The van der Waals surface area contributed by atoms with Crippen molar-refractivity contribution < 1.29 is 73.8 Å². The third kappa shape index (κ3) is 22.7. The first-order valence-corrected chi connectivity index (χ1v) is 22.1. The fraction of sp³-hybridized carbons (Fsp3) is 0.696. The Morgan fingerprint density at radius 3 is 1.75 bits per heavy atom. The van der Waals surface area contributed by atoms with Crippen molar-refractivity contribution >= 4 is 11.9 Å². The average Bonchev–Trinajstić information content (AvgIpc) is 3.25. The summed E-state index contributed by atoms with van der Waals surface area (Å²) >= 11 is 0. The molecule has 5 unspecified atom stereocenters. The van der Waals surface area contributed by atoms with Crippen molar-refractivity contribution in [1.29, 1.82) is 0 Å². The highest BCUT2D eigenvalue weighted by Gasteiger charge is 2.47. The van der Waals surface area contributed by atoms with Crippen molar-refractivity contribution in [1.82, 2.24) is 0 Å². The Morgan fingerprint density at radius 2 is 1.07 bits per heavy atom. The molecule has 0 aliphatic carbocycles. The lowest BCUT2D eigenvalue weighted by molar-refractivity contribution is -0.332. The van der Waals surface area contributed by atoms with Gasteiger partial charge in [0.2, 0.25) is 0 Å². The van der Waals surface area contributed by atoms with Crippen LogP contribution in [0.3, 0.4) is 0 Å². The van der Waals surface area contributed by atoms with Crippen molar-refractivity contribution in [2.24, 2.45) is 0 Å². The second-order valence-electron chi connectivity index (χ2n) is 15.2. The fourth-order valence-corrected chi connectivity index (χ4v) is 6.35. The van der Waals surface area contributed by atoms with Crippen LogP contribution in [0, 0.1) is 0 Å². The van der Waals surface area contributed by atoms with Gasteiger partial charge < -0.3 is 64.2 Å². The zero-order valence-corrected chi connectivity index (χ0v) is 36.1. The predicted molar refractivity (Wildman–Crippen MR) is 229 cm³/mol. The molecule has 0 spiro atoms. The Kier molecular flexibility index (Phi) is 29.7. The topological polar surface area (TPSA) is 231 Å². The predicted octanol–water partition coefficient (Wildman–Crippen LogP) is 4.31. The number of aliphatic hydroxyl groups is 7. The highest BCUT2D eigenvalue weighted by molar-refractivity contribution is 5.70. The molecule has 2 heterocycles. The molecule has 0 aromatic carbocycles. The molecule has 15 nitrogen and oxygen atoms in total. The van der Waals surface area contributed by atoms with Gasteiger partial charge in [-0.1, -0.05) is 106 Å². The van der Waals surface area contributed by atoms with Crippen molar-refractivity contribution in [2.75, 3.05) is 26.4 Å². The number of rotatable bonds is 31. The van der Waals surface area contributed by atoms with Gasteiger partial charge in [-0.05, 0) is 64.2 Å². The maximum Gasteiger partial charge on any atom is 0.306 e. The molecule has 348 valence electrons. The molecule has 15 heteroatoms. The summed E-state index contributed by atoms with van der Waals surface area (Å²) in [7, 11) is 0. The normalized spacial score (nSPS) is 28.0.